The minimum Gasteiger partial charge on any atom is -0.497 e. The van der Waals surface area contributed by atoms with Gasteiger partial charge in [0, 0.05) is 35.3 Å². The van der Waals surface area contributed by atoms with Crippen LogP contribution in [0, 0.1) is 0 Å². The van der Waals surface area contributed by atoms with Gasteiger partial charge in [0.05, 0.1) is 31.6 Å². The highest BCUT2D eigenvalue weighted by molar-refractivity contribution is 6.30. The van der Waals surface area contributed by atoms with Crippen LogP contribution in [0.5, 0.6) is 5.75 Å². The molecule has 0 bridgehead atoms. The second kappa shape index (κ2) is 8.72. The topological polar surface area (TPSA) is 52.4 Å². The van der Waals surface area contributed by atoms with Crippen LogP contribution in [-0.2, 0) is 17.5 Å². The first kappa shape index (κ1) is 22.3. The number of alkyl halides is 3. The van der Waals surface area contributed by atoms with Crippen molar-refractivity contribution in [3.05, 3.63) is 88.5 Å². The third-order valence-electron chi connectivity index (χ3n) is 5.85. The largest absolute Gasteiger partial charge is 0.497 e. The van der Waals surface area contributed by atoms with E-state index in [0.717, 1.165) is 39.9 Å². The second-order valence-corrected chi connectivity index (χ2v) is 8.41. The molecule has 1 unspecified atom stereocenters. The monoisotopic (exact) mass is 488 g/mol. The van der Waals surface area contributed by atoms with Crippen molar-refractivity contribution in [2.24, 2.45) is 0 Å². The van der Waals surface area contributed by atoms with Crippen LogP contribution >= 0.6 is 11.6 Å². The minimum absolute atomic E-state index is 0.00424. The van der Waals surface area contributed by atoms with Crippen molar-refractivity contribution in [3.8, 4) is 11.4 Å². The van der Waals surface area contributed by atoms with Gasteiger partial charge in [-0.2, -0.15) is 13.2 Å². The Labute approximate surface area is 198 Å². The summed E-state index contributed by atoms with van der Waals surface area (Å²) in [5.41, 5.74) is 1.86. The van der Waals surface area contributed by atoms with E-state index in [0.29, 0.717) is 29.4 Å². The molecular formula is C24H20ClF3N4O2. The van der Waals surface area contributed by atoms with Crippen LogP contribution in [0.15, 0.2) is 66.7 Å². The van der Waals surface area contributed by atoms with Crippen molar-refractivity contribution in [1.29, 1.82) is 0 Å². The average molecular weight is 489 g/mol. The number of hydrogen-bond donors (Lipinski definition) is 0. The summed E-state index contributed by atoms with van der Waals surface area (Å²) >= 11 is 6.27. The summed E-state index contributed by atoms with van der Waals surface area (Å²) in [6.45, 7) is 1.22. The van der Waals surface area contributed by atoms with Crippen molar-refractivity contribution in [1.82, 2.24) is 19.9 Å². The molecule has 34 heavy (non-hydrogen) atoms. The molecule has 6 nitrogen and oxygen atoms in total. The summed E-state index contributed by atoms with van der Waals surface area (Å²) in [6.07, 6.45) is 0.955. The van der Waals surface area contributed by atoms with Crippen molar-refractivity contribution in [3.63, 3.8) is 0 Å². The van der Waals surface area contributed by atoms with Crippen LogP contribution in [-0.4, -0.2) is 39.7 Å². The van der Waals surface area contributed by atoms with Crippen LogP contribution < -0.4 is 4.74 Å². The highest BCUT2D eigenvalue weighted by Crippen LogP contribution is 2.39. The molecular weight excluding hydrogens is 469 g/mol. The van der Waals surface area contributed by atoms with Gasteiger partial charge in [-0.15, -0.1) is 5.10 Å². The van der Waals surface area contributed by atoms with Gasteiger partial charge in [-0.3, -0.25) is 0 Å². The van der Waals surface area contributed by atoms with E-state index < -0.39 is 11.9 Å². The normalized spacial score (nSPS) is 17.7. The quantitative estimate of drug-likeness (QED) is 0.476. The Morgan fingerprint density at radius 2 is 1.97 bits per heavy atom. The zero-order chi connectivity index (χ0) is 23.9. The van der Waals surface area contributed by atoms with Crippen LogP contribution in [0.3, 0.4) is 0 Å². The van der Waals surface area contributed by atoms with Crippen LogP contribution in [0.25, 0.3) is 11.3 Å². The molecule has 1 atom stereocenters. The molecule has 0 N–H and O–H groups in total. The van der Waals surface area contributed by atoms with E-state index >= 15 is 0 Å². The van der Waals surface area contributed by atoms with Crippen molar-refractivity contribution >= 4 is 17.2 Å². The lowest BCUT2D eigenvalue weighted by molar-refractivity contribution is -0.141. The van der Waals surface area contributed by atoms with Gasteiger partial charge < -0.3 is 14.4 Å². The first-order chi connectivity index (χ1) is 16.3. The second-order valence-electron chi connectivity index (χ2n) is 7.97. The highest BCUT2D eigenvalue weighted by atomic mass is 35.5. The van der Waals surface area contributed by atoms with Gasteiger partial charge >= 0.3 is 6.18 Å². The molecule has 3 aromatic rings. The summed E-state index contributed by atoms with van der Waals surface area (Å²) < 4.78 is 51.6. The number of allylic oxidation sites excluding steroid dienone is 2. The van der Waals surface area contributed by atoms with E-state index in [1.807, 2.05) is 36.5 Å². The van der Waals surface area contributed by atoms with Crippen LogP contribution in [0.4, 0.5) is 13.2 Å². The molecule has 3 heterocycles. The minimum atomic E-state index is -4.58. The SMILES string of the molecule is COc1ccc(CN2C=CC(c3cc(Cl)ccc3-n3cc(C(F)(F)F)nn3)=C3OCCC32)cc1. The smallest absolute Gasteiger partial charge is 0.436 e. The van der Waals surface area contributed by atoms with Gasteiger partial charge in [-0.1, -0.05) is 28.9 Å². The number of rotatable bonds is 5. The molecule has 0 amide bonds. The van der Waals surface area contributed by atoms with Crippen molar-refractivity contribution in [2.75, 3.05) is 13.7 Å². The zero-order valence-corrected chi connectivity index (χ0v) is 18.8. The van der Waals surface area contributed by atoms with Crippen LogP contribution in [0.1, 0.15) is 23.2 Å². The Balaban J connectivity index is 1.49. The maximum absolute atomic E-state index is 13.1. The molecule has 10 heteroatoms. The molecule has 2 aromatic carbocycles. The van der Waals surface area contributed by atoms with Gasteiger partial charge in [0.1, 0.15) is 11.5 Å². The van der Waals surface area contributed by atoms with E-state index in [-0.39, 0.29) is 6.04 Å². The fraction of sp³-hybridized carbons (Fsp3) is 0.250. The Hall–Kier alpha value is -3.46. The predicted molar refractivity (Wildman–Crippen MR) is 120 cm³/mol. The highest BCUT2D eigenvalue weighted by Gasteiger charge is 2.36. The maximum atomic E-state index is 13.1. The maximum Gasteiger partial charge on any atom is 0.436 e. The average Bonchev–Trinajstić information content (AvgIpc) is 3.50. The standard InChI is InChI=1S/C24H20ClF3N4O2/c1-33-17-5-2-15(3-6-17)13-31-10-8-18(23-21(31)9-11-34-23)19-12-16(25)4-7-20(19)32-14-22(29-30-32)24(26,27)28/h2-8,10,12,14,21H,9,11,13H2,1H3. The van der Waals surface area contributed by atoms with Crippen LogP contribution in [0.2, 0.25) is 5.02 Å². The molecule has 2 aliphatic rings. The Kier molecular flexibility index (Phi) is 5.73. The molecule has 5 rings (SSSR count). The molecule has 1 fully saturated rings. The number of halogens is 4. The molecule has 0 radical (unpaired) electrons. The fourth-order valence-electron chi connectivity index (χ4n) is 4.20. The number of fused-ring (bicyclic) bond motifs is 1. The first-order valence-electron chi connectivity index (χ1n) is 10.6. The summed E-state index contributed by atoms with van der Waals surface area (Å²) in [4.78, 5) is 2.19. The van der Waals surface area contributed by atoms with Crippen molar-refractivity contribution in [2.45, 2.75) is 25.2 Å². The van der Waals surface area contributed by atoms with E-state index in [4.69, 9.17) is 21.1 Å². The van der Waals surface area contributed by atoms with E-state index in [1.165, 1.54) is 0 Å². The third kappa shape index (κ3) is 4.23. The summed E-state index contributed by atoms with van der Waals surface area (Å²) in [7, 11) is 1.63. The Bertz CT molecular complexity index is 1270. The number of nitrogens with zero attached hydrogens (tertiary/aromatic N) is 4. The van der Waals surface area contributed by atoms with E-state index in [1.54, 1.807) is 25.3 Å². The lowest BCUT2D eigenvalue weighted by atomic mass is 9.96. The van der Waals surface area contributed by atoms with Gasteiger partial charge in [0.15, 0.2) is 5.69 Å². The first-order valence-corrected chi connectivity index (χ1v) is 10.9. The zero-order valence-electron chi connectivity index (χ0n) is 18.1. The predicted octanol–water partition coefficient (Wildman–Crippen LogP) is 5.48. The lowest BCUT2D eigenvalue weighted by Crippen LogP contribution is -2.32. The number of benzene rings is 2. The molecule has 0 aliphatic carbocycles. The third-order valence-corrected chi connectivity index (χ3v) is 6.09. The molecule has 2 aliphatic heterocycles. The van der Waals surface area contributed by atoms with Gasteiger partial charge in [-0.05, 0) is 42.0 Å². The molecule has 1 aromatic heterocycles. The van der Waals surface area contributed by atoms with E-state index in [9.17, 15) is 13.2 Å². The summed E-state index contributed by atoms with van der Waals surface area (Å²) in [5.74, 6) is 1.55. The molecule has 1 saturated heterocycles. The Morgan fingerprint density at radius 3 is 2.68 bits per heavy atom. The van der Waals surface area contributed by atoms with Gasteiger partial charge in [0.2, 0.25) is 0 Å². The number of ether oxygens (including phenoxy) is 2. The molecule has 176 valence electrons. The molecule has 0 spiro atoms. The Morgan fingerprint density at radius 1 is 1.18 bits per heavy atom. The lowest BCUT2D eigenvalue weighted by Gasteiger charge is -2.32. The van der Waals surface area contributed by atoms with E-state index in [2.05, 4.69) is 15.2 Å². The number of methoxy groups -OCH3 is 1. The fourth-order valence-corrected chi connectivity index (χ4v) is 4.37. The summed E-state index contributed by atoms with van der Waals surface area (Å²) in [5, 5.41) is 7.44. The molecule has 0 saturated carbocycles. The summed E-state index contributed by atoms with van der Waals surface area (Å²) in [6, 6.07) is 12.8. The van der Waals surface area contributed by atoms with Crippen molar-refractivity contribution < 1.29 is 22.6 Å². The number of hydrogen-bond acceptors (Lipinski definition) is 5. The van der Waals surface area contributed by atoms with Gasteiger partial charge in [-0.25, -0.2) is 4.68 Å². The number of aromatic nitrogens is 3. The van der Waals surface area contributed by atoms with Gasteiger partial charge in [0.25, 0.3) is 0 Å².